The van der Waals surface area contributed by atoms with Crippen LogP contribution in [0.25, 0.3) is 10.9 Å². The Kier molecular flexibility index (Phi) is 5.95. The lowest BCUT2D eigenvalue weighted by molar-refractivity contribution is 0.0532. The largest absolute Gasteiger partial charge is 0.375 e. The van der Waals surface area contributed by atoms with Gasteiger partial charge in [-0.3, -0.25) is 4.98 Å². The molecule has 3 heterocycles. The minimum Gasteiger partial charge on any atom is -0.375 e. The molecule has 1 aromatic carbocycles. The van der Waals surface area contributed by atoms with E-state index in [-0.39, 0.29) is 11.7 Å². The second-order valence-electron chi connectivity index (χ2n) is 7.77. The molecule has 1 unspecified atom stereocenters. The maximum atomic E-state index is 14.6. The summed E-state index contributed by atoms with van der Waals surface area (Å²) in [6.45, 7) is 7.66. The highest BCUT2D eigenvalue weighted by Gasteiger charge is 2.22. The number of fused-ring (bicyclic) bond motifs is 1. The number of rotatable bonds is 5. The van der Waals surface area contributed by atoms with E-state index in [4.69, 9.17) is 4.74 Å². The zero-order valence-electron chi connectivity index (χ0n) is 17.6. The lowest BCUT2D eigenvalue weighted by atomic mass is 10.0. The molecule has 0 amide bonds. The van der Waals surface area contributed by atoms with Crippen LogP contribution in [0.3, 0.4) is 0 Å². The summed E-state index contributed by atoms with van der Waals surface area (Å²) in [5.74, 6) is -0.492. The van der Waals surface area contributed by atoms with Crippen molar-refractivity contribution in [3.63, 3.8) is 0 Å². The van der Waals surface area contributed by atoms with Crippen LogP contribution in [-0.2, 0) is 4.74 Å². The highest BCUT2D eigenvalue weighted by molar-refractivity contribution is 5.92. The first-order chi connectivity index (χ1) is 14.8. The van der Waals surface area contributed by atoms with Crippen LogP contribution in [0.1, 0.15) is 43.1 Å². The molecule has 0 spiro atoms. The highest BCUT2D eigenvalue weighted by atomic mass is 19.3. The zero-order chi connectivity index (χ0) is 22.1. The number of alkyl halides is 2. The number of aromatic nitrogens is 3. The van der Waals surface area contributed by atoms with Crippen LogP contribution in [0.15, 0.2) is 30.5 Å². The number of nitrogens with one attached hydrogen (secondary N) is 1. The van der Waals surface area contributed by atoms with E-state index in [1.54, 1.807) is 13.1 Å². The van der Waals surface area contributed by atoms with Crippen LogP contribution < -0.4 is 10.2 Å². The second-order valence-corrected chi connectivity index (χ2v) is 7.77. The third-order valence-corrected chi connectivity index (χ3v) is 5.49. The average Bonchev–Trinajstić information content (AvgIpc) is 2.75. The maximum Gasteiger partial charge on any atom is 0.266 e. The van der Waals surface area contributed by atoms with E-state index in [0.29, 0.717) is 23.6 Å². The quantitative estimate of drug-likeness (QED) is 0.626. The second kappa shape index (κ2) is 8.66. The Morgan fingerprint density at radius 3 is 2.74 bits per heavy atom. The normalized spacial score (nSPS) is 17.9. The van der Waals surface area contributed by atoms with Crippen molar-refractivity contribution in [2.45, 2.75) is 39.3 Å². The molecule has 2 aromatic heterocycles. The van der Waals surface area contributed by atoms with Crippen molar-refractivity contribution in [1.82, 2.24) is 15.2 Å². The van der Waals surface area contributed by atoms with Gasteiger partial charge >= 0.3 is 0 Å². The number of pyridine rings is 1. The SMILES string of the molecule is Cc1nnc(N[C@H](C)c2cccc(C(F)F)c2F)c2cc(N3CCOC(C)C3)cnc12. The summed E-state index contributed by atoms with van der Waals surface area (Å²) >= 11 is 0. The number of hydrogen-bond acceptors (Lipinski definition) is 6. The van der Waals surface area contributed by atoms with Gasteiger partial charge in [-0.2, -0.15) is 5.10 Å². The molecule has 164 valence electrons. The summed E-state index contributed by atoms with van der Waals surface area (Å²) in [7, 11) is 0. The third-order valence-electron chi connectivity index (χ3n) is 5.49. The van der Waals surface area contributed by atoms with Gasteiger partial charge in [0.05, 0.1) is 47.4 Å². The fourth-order valence-corrected chi connectivity index (χ4v) is 3.84. The molecule has 3 aromatic rings. The van der Waals surface area contributed by atoms with Crippen LogP contribution in [0.4, 0.5) is 24.7 Å². The summed E-state index contributed by atoms with van der Waals surface area (Å²) in [6, 6.07) is 5.38. The number of anilines is 2. The van der Waals surface area contributed by atoms with E-state index in [0.717, 1.165) is 30.2 Å². The summed E-state index contributed by atoms with van der Waals surface area (Å²) in [5, 5.41) is 12.3. The van der Waals surface area contributed by atoms with Crippen molar-refractivity contribution in [3.8, 4) is 0 Å². The molecule has 0 radical (unpaired) electrons. The third kappa shape index (κ3) is 4.27. The average molecular weight is 431 g/mol. The molecule has 9 heteroatoms. The molecule has 1 aliphatic rings. The van der Waals surface area contributed by atoms with E-state index in [1.807, 2.05) is 19.9 Å². The van der Waals surface area contributed by atoms with Gasteiger partial charge in [0.2, 0.25) is 0 Å². The van der Waals surface area contributed by atoms with Gasteiger partial charge < -0.3 is 15.0 Å². The fourth-order valence-electron chi connectivity index (χ4n) is 3.84. The lowest BCUT2D eigenvalue weighted by Crippen LogP contribution is -2.41. The van der Waals surface area contributed by atoms with Crippen LogP contribution in [-0.4, -0.2) is 41.0 Å². The Bertz CT molecular complexity index is 1090. The minimum absolute atomic E-state index is 0.115. The van der Waals surface area contributed by atoms with Gasteiger partial charge in [-0.15, -0.1) is 5.10 Å². The van der Waals surface area contributed by atoms with Crippen LogP contribution >= 0.6 is 0 Å². The van der Waals surface area contributed by atoms with Crippen molar-refractivity contribution < 1.29 is 17.9 Å². The summed E-state index contributed by atoms with van der Waals surface area (Å²) in [5.41, 5.74) is 1.80. The first kappa shape index (κ1) is 21.3. The summed E-state index contributed by atoms with van der Waals surface area (Å²) in [4.78, 5) is 6.77. The number of ether oxygens (including phenoxy) is 1. The Morgan fingerprint density at radius 2 is 2.00 bits per heavy atom. The first-order valence-electron chi connectivity index (χ1n) is 10.2. The lowest BCUT2D eigenvalue weighted by Gasteiger charge is -2.32. The Hall–Kier alpha value is -2.94. The van der Waals surface area contributed by atoms with Crippen LogP contribution in [0.2, 0.25) is 0 Å². The van der Waals surface area contributed by atoms with Gasteiger partial charge in [0.15, 0.2) is 5.82 Å². The number of halogens is 3. The van der Waals surface area contributed by atoms with Crippen molar-refractivity contribution in [2.75, 3.05) is 29.9 Å². The smallest absolute Gasteiger partial charge is 0.266 e. The number of morpholine rings is 1. The molecular weight excluding hydrogens is 407 g/mol. The van der Waals surface area contributed by atoms with E-state index >= 15 is 0 Å². The molecule has 0 bridgehead atoms. The monoisotopic (exact) mass is 431 g/mol. The molecule has 31 heavy (non-hydrogen) atoms. The number of nitrogens with zero attached hydrogens (tertiary/aromatic N) is 4. The predicted octanol–water partition coefficient (Wildman–Crippen LogP) is 4.81. The van der Waals surface area contributed by atoms with Crippen LogP contribution in [0.5, 0.6) is 0 Å². The molecule has 1 saturated heterocycles. The Labute approximate surface area is 178 Å². The highest BCUT2D eigenvalue weighted by Crippen LogP contribution is 2.31. The number of benzene rings is 1. The summed E-state index contributed by atoms with van der Waals surface area (Å²) < 4.78 is 46.4. The summed E-state index contributed by atoms with van der Waals surface area (Å²) in [6.07, 6.45) is -0.965. The van der Waals surface area contributed by atoms with Gasteiger partial charge in [-0.05, 0) is 26.8 Å². The number of hydrogen-bond donors (Lipinski definition) is 1. The molecule has 6 nitrogen and oxygen atoms in total. The predicted molar refractivity (Wildman–Crippen MR) is 113 cm³/mol. The molecular formula is C22H24F3N5O. The molecule has 0 saturated carbocycles. The van der Waals surface area contributed by atoms with E-state index < -0.39 is 23.8 Å². The standard InChI is InChI=1S/C22H24F3N5O/c1-12-11-30(7-8-31-12)15-9-18-20(26-10-15)14(3)28-29-22(18)27-13(2)16-5-4-6-17(19(16)23)21(24)25/h4-6,9-10,12-13,21H,7-8,11H2,1-3H3,(H,27,29)/t12?,13-/m1/s1. The zero-order valence-corrected chi connectivity index (χ0v) is 17.6. The Morgan fingerprint density at radius 1 is 1.23 bits per heavy atom. The molecule has 1 aliphatic heterocycles. The van der Waals surface area contributed by atoms with Crippen molar-refractivity contribution in [3.05, 3.63) is 53.1 Å². The van der Waals surface area contributed by atoms with Crippen molar-refractivity contribution >= 4 is 22.4 Å². The van der Waals surface area contributed by atoms with Gasteiger partial charge in [0, 0.05) is 24.0 Å². The minimum atomic E-state index is -2.88. The Balaban J connectivity index is 1.69. The number of aryl methyl sites for hydroxylation is 1. The van der Waals surface area contributed by atoms with E-state index in [1.165, 1.54) is 12.1 Å². The fraction of sp³-hybridized carbons (Fsp3) is 0.409. The molecule has 1 N–H and O–H groups in total. The van der Waals surface area contributed by atoms with Gasteiger partial charge in [0.1, 0.15) is 5.82 Å². The van der Waals surface area contributed by atoms with Crippen molar-refractivity contribution in [1.29, 1.82) is 0 Å². The molecule has 2 atom stereocenters. The van der Waals surface area contributed by atoms with Crippen molar-refractivity contribution in [2.24, 2.45) is 0 Å². The van der Waals surface area contributed by atoms with E-state index in [9.17, 15) is 13.2 Å². The first-order valence-corrected chi connectivity index (χ1v) is 10.2. The van der Waals surface area contributed by atoms with Gasteiger partial charge in [-0.25, -0.2) is 13.2 Å². The van der Waals surface area contributed by atoms with Crippen LogP contribution in [0, 0.1) is 12.7 Å². The molecule has 1 fully saturated rings. The maximum absolute atomic E-state index is 14.6. The van der Waals surface area contributed by atoms with Gasteiger partial charge in [0.25, 0.3) is 6.43 Å². The topological polar surface area (TPSA) is 63.2 Å². The van der Waals surface area contributed by atoms with Gasteiger partial charge in [-0.1, -0.05) is 18.2 Å². The van der Waals surface area contributed by atoms with E-state index in [2.05, 4.69) is 25.4 Å². The molecule has 0 aliphatic carbocycles. The molecule has 4 rings (SSSR count).